The van der Waals surface area contributed by atoms with Gasteiger partial charge < -0.3 is 9.64 Å². The van der Waals surface area contributed by atoms with Crippen LogP contribution in [0.2, 0.25) is 0 Å². The first-order valence-corrected chi connectivity index (χ1v) is 11.2. The van der Waals surface area contributed by atoms with E-state index in [4.69, 9.17) is 4.74 Å². The number of nitriles is 1. The number of anilines is 1. The molecule has 0 N–H and O–H groups in total. The quantitative estimate of drug-likeness (QED) is 0.310. The molecule has 0 unspecified atom stereocenters. The van der Waals surface area contributed by atoms with Crippen molar-refractivity contribution in [3.8, 4) is 6.07 Å². The zero-order valence-electron chi connectivity index (χ0n) is 18.5. The number of carbonyl (C=O) groups excluding carboxylic acids is 2. The van der Waals surface area contributed by atoms with Crippen LogP contribution in [0.3, 0.4) is 0 Å². The lowest BCUT2D eigenvalue weighted by Gasteiger charge is -2.14. The van der Waals surface area contributed by atoms with Crippen LogP contribution >= 0.6 is 11.8 Å². The molecular weight excluding hydrogens is 436 g/mol. The Labute approximate surface area is 196 Å². The number of ether oxygens (including phenoxy) is 1. The molecule has 2 aromatic carbocycles. The molecule has 2 heterocycles. The molecule has 0 saturated heterocycles. The predicted octanol–water partition coefficient (Wildman–Crippen LogP) is 4.25. The van der Waals surface area contributed by atoms with Crippen molar-refractivity contribution in [1.29, 1.82) is 5.26 Å². The molecule has 0 spiro atoms. The van der Waals surface area contributed by atoms with Crippen LogP contribution in [0.25, 0.3) is 0 Å². The van der Waals surface area contributed by atoms with Crippen LogP contribution in [0.15, 0.2) is 70.1 Å². The SMILES string of the molecule is Cc1nn(Cc2ccccc2)c(C)c1C(=O)OCC(=O)/C(C#N)=C1\Sc2ccccc2N1C. The number of thioether (sulfide) groups is 1. The Hall–Kier alpha value is -3.83. The molecule has 0 amide bonds. The van der Waals surface area contributed by atoms with E-state index in [1.807, 2.05) is 60.7 Å². The number of hydrogen-bond acceptors (Lipinski definition) is 7. The van der Waals surface area contributed by atoms with E-state index in [1.165, 1.54) is 11.8 Å². The first kappa shape index (κ1) is 22.4. The molecule has 0 bridgehead atoms. The number of rotatable bonds is 6. The van der Waals surface area contributed by atoms with Gasteiger partial charge in [-0.25, -0.2) is 4.79 Å². The number of ketones is 1. The smallest absolute Gasteiger partial charge is 0.342 e. The second kappa shape index (κ2) is 9.35. The standard InChI is InChI=1S/C25H22N4O3S/c1-16-23(17(2)29(27-16)14-18-9-5-4-6-10-18)25(31)32-15-21(30)19(13-26)24-28(3)20-11-7-8-12-22(20)33-24/h4-12H,14-15H2,1-3H3/b24-19-. The van der Waals surface area contributed by atoms with Crippen molar-refractivity contribution in [1.82, 2.24) is 9.78 Å². The van der Waals surface area contributed by atoms with Gasteiger partial charge in [0.15, 0.2) is 6.61 Å². The van der Waals surface area contributed by atoms with Gasteiger partial charge in [0.05, 0.1) is 23.6 Å². The van der Waals surface area contributed by atoms with Gasteiger partial charge >= 0.3 is 5.97 Å². The summed E-state index contributed by atoms with van der Waals surface area (Å²) in [5.41, 5.74) is 3.48. The van der Waals surface area contributed by atoms with Gasteiger partial charge in [-0.15, -0.1) is 0 Å². The number of para-hydroxylation sites is 1. The van der Waals surface area contributed by atoms with Crippen LogP contribution < -0.4 is 4.90 Å². The highest BCUT2D eigenvalue weighted by molar-refractivity contribution is 8.03. The second-order valence-electron chi connectivity index (χ2n) is 7.61. The summed E-state index contributed by atoms with van der Waals surface area (Å²) < 4.78 is 7.06. The molecule has 0 saturated carbocycles. The molecule has 0 aliphatic carbocycles. The Balaban J connectivity index is 1.48. The van der Waals surface area contributed by atoms with Crippen LogP contribution in [0.4, 0.5) is 5.69 Å². The van der Waals surface area contributed by atoms with Gasteiger partial charge in [-0.1, -0.05) is 54.2 Å². The zero-order valence-corrected chi connectivity index (χ0v) is 19.3. The first-order valence-electron chi connectivity index (χ1n) is 10.3. The average molecular weight is 459 g/mol. The third-order valence-corrected chi connectivity index (χ3v) is 6.67. The summed E-state index contributed by atoms with van der Waals surface area (Å²) in [7, 11) is 1.80. The first-order chi connectivity index (χ1) is 15.9. The summed E-state index contributed by atoms with van der Waals surface area (Å²) in [6.45, 7) is 3.54. The lowest BCUT2D eigenvalue weighted by Crippen LogP contribution is -2.20. The molecule has 1 aromatic heterocycles. The van der Waals surface area contributed by atoms with E-state index in [2.05, 4.69) is 5.10 Å². The Kier molecular flexibility index (Phi) is 6.33. The normalized spacial score (nSPS) is 13.9. The van der Waals surface area contributed by atoms with Gasteiger partial charge in [-0.3, -0.25) is 9.48 Å². The van der Waals surface area contributed by atoms with E-state index >= 15 is 0 Å². The molecule has 7 nitrogen and oxygen atoms in total. The molecule has 0 fully saturated rings. The maximum atomic E-state index is 12.8. The Morgan fingerprint density at radius 2 is 1.79 bits per heavy atom. The summed E-state index contributed by atoms with van der Waals surface area (Å²) in [4.78, 5) is 28.3. The number of carbonyl (C=O) groups is 2. The molecule has 1 aliphatic rings. The number of fused-ring (bicyclic) bond motifs is 1. The molecule has 166 valence electrons. The minimum atomic E-state index is -0.629. The van der Waals surface area contributed by atoms with Crippen molar-refractivity contribution in [2.24, 2.45) is 0 Å². The van der Waals surface area contributed by atoms with Crippen molar-refractivity contribution in [3.05, 3.63) is 87.7 Å². The average Bonchev–Trinajstić information content (AvgIpc) is 3.29. The fraction of sp³-hybridized carbons (Fsp3) is 0.200. The molecular formula is C25H22N4O3S. The Bertz CT molecular complexity index is 1300. The van der Waals surface area contributed by atoms with Crippen LogP contribution in [0, 0.1) is 25.2 Å². The van der Waals surface area contributed by atoms with E-state index in [0.717, 1.165) is 16.1 Å². The third-order valence-electron chi connectivity index (χ3n) is 5.44. The van der Waals surface area contributed by atoms with Crippen molar-refractivity contribution in [2.75, 3.05) is 18.6 Å². The predicted molar refractivity (Wildman–Crippen MR) is 126 cm³/mol. The van der Waals surface area contributed by atoms with Gasteiger partial charge in [0.1, 0.15) is 22.2 Å². The molecule has 4 rings (SSSR count). The van der Waals surface area contributed by atoms with E-state index in [1.54, 1.807) is 30.5 Å². The highest BCUT2D eigenvalue weighted by atomic mass is 32.2. The molecule has 33 heavy (non-hydrogen) atoms. The summed E-state index contributed by atoms with van der Waals surface area (Å²) in [5, 5.41) is 14.6. The topological polar surface area (TPSA) is 88.2 Å². The second-order valence-corrected chi connectivity index (χ2v) is 8.64. The lowest BCUT2D eigenvalue weighted by molar-refractivity contribution is -0.118. The molecule has 1 aliphatic heterocycles. The van der Waals surface area contributed by atoms with Crippen LogP contribution in [0.5, 0.6) is 0 Å². The molecule has 0 radical (unpaired) electrons. The van der Waals surface area contributed by atoms with Gasteiger partial charge in [0.25, 0.3) is 0 Å². The molecule has 8 heteroatoms. The fourth-order valence-electron chi connectivity index (χ4n) is 3.73. The summed E-state index contributed by atoms with van der Waals surface area (Å²) in [6.07, 6.45) is 0. The maximum absolute atomic E-state index is 12.8. The highest BCUT2D eigenvalue weighted by Crippen LogP contribution is 2.46. The largest absolute Gasteiger partial charge is 0.454 e. The lowest BCUT2D eigenvalue weighted by atomic mass is 10.2. The van der Waals surface area contributed by atoms with E-state index in [-0.39, 0.29) is 5.57 Å². The van der Waals surface area contributed by atoms with Crippen molar-refractivity contribution < 1.29 is 14.3 Å². The number of aryl methyl sites for hydroxylation is 1. The number of benzene rings is 2. The van der Waals surface area contributed by atoms with Crippen LogP contribution in [-0.4, -0.2) is 35.2 Å². The fourth-order valence-corrected chi connectivity index (χ4v) is 4.89. The van der Waals surface area contributed by atoms with Crippen molar-refractivity contribution >= 4 is 29.2 Å². The highest BCUT2D eigenvalue weighted by Gasteiger charge is 2.29. The van der Waals surface area contributed by atoms with Gasteiger partial charge in [0, 0.05) is 11.9 Å². The minimum Gasteiger partial charge on any atom is -0.454 e. The number of nitrogens with zero attached hydrogens (tertiary/aromatic N) is 4. The number of esters is 1. The minimum absolute atomic E-state index is 0.0280. The third kappa shape index (κ3) is 4.41. The van der Waals surface area contributed by atoms with Crippen molar-refractivity contribution in [3.63, 3.8) is 0 Å². The van der Waals surface area contributed by atoms with E-state index in [0.29, 0.717) is 28.5 Å². The number of Topliss-reactive ketones (excluding diaryl/α,β-unsaturated/α-hetero) is 1. The number of aromatic nitrogens is 2. The monoisotopic (exact) mass is 458 g/mol. The Morgan fingerprint density at radius 1 is 1.09 bits per heavy atom. The van der Waals surface area contributed by atoms with Gasteiger partial charge in [-0.2, -0.15) is 10.4 Å². The van der Waals surface area contributed by atoms with E-state index in [9.17, 15) is 14.9 Å². The van der Waals surface area contributed by atoms with E-state index < -0.39 is 18.4 Å². The Morgan fingerprint density at radius 3 is 2.48 bits per heavy atom. The van der Waals surface area contributed by atoms with Gasteiger partial charge in [0.2, 0.25) is 5.78 Å². The van der Waals surface area contributed by atoms with Gasteiger partial charge in [-0.05, 0) is 31.5 Å². The van der Waals surface area contributed by atoms with Crippen LogP contribution in [0.1, 0.15) is 27.3 Å². The number of hydrogen-bond donors (Lipinski definition) is 0. The van der Waals surface area contributed by atoms with Crippen molar-refractivity contribution in [2.45, 2.75) is 25.3 Å². The summed E-state index contributed by atoms with van der Waals surface area (Å²) in [5.74, 6) is -1.17. The molecule has 0 atom stereocenters. The summed E-state index contributed by atoms with van der Waals surface area (Å²) >= 11 is 1.35. The maximum Gasteiger partial charge on any atom is 0.342 e. The van der Waals surface area contributed by atoms with Crippen LogP contribution in [-0.2, 0) is 16.1 Å². The summed E-state index contributed by atoms with van der Waals surface area (Å²) in [6, 6.07) is 19.5. The zero-order chi connectivity index (χ0) is 23.5. The molecule has 3 aromatic rings.